The zero-order valence-electron chi connectivity index (χ0n) is 38.0. The first-order valence-electron chi connectivity index (χ1n) is 23.9. The molecule has 3 heteroatoms. The number of anilines is 3. The van der Waals surface area contributed by atoms with Gasteiger partial charge in [-0.15, -0.1) is 0 Å². The fraction of sp³-hybridized carbons (Fsp3) is 0.0303. The van der Waals surface area contributed by atoms with Crippen molar-refractivity contribution in [1.29, 1.82) is 0 Å². The van der Waals surface area contributed by atoms with Gasteiger partial charge in [0.2, 0.25) is 0 Å². The molecule has 0 saturated carbocycles. The van der Waals surface area contributed by atoms with Crippen molar-refractivity contribution in [3.63, 3.8) is 0 Å². The molecular formula is C66H46N2O. The zero-order valence-corrected chi connectivity index (χ0v) is 38.0. The quantitative estimate of drug-likeness (QED) is 0.144. The Kier molecular flexibility index (Phi) is 9.98. The van der Waals surface area contributed by atoms with Gasteiger partial charge in [-0.1, -0.05) is 176 Å². The zero-order chi connectivity index (χ0) is 45.7. The molecule has 0 saturated heterocycles. The highest BCUT2D eigenvalue weighted by atomic mass is 16.3. The highest BCUT2D eigenvalue weighted by Gasteiger charge is 2.22. The van der Waals surface area contributed by atoms with E-state index in [-0.39, 0.29) is 0 Å². The largest absolute Gasteiger partial charge is 0.455 e. The van der Waals surface area contributed by atoms with E-state index in [9.17, 15) is 0 Å². The number of nitrogens with zero attached hydrogens (tertiary/aromatic N) is 2. The van der Waals surface area contributed by atoms with E-state index in [4.69, 9.17) is 4.42 Å². The van der Waals surface area contributed by atoms with Gasteiger partial charge >= 0.3 is 0 Å². The Labute approximate surface area is 402 Å². The van der Waals surface area contributed by atoms with Crippen molar-refractivity contribution in [3.8, 4) is 61.3 Å². The van der Waals surface area contributed by atoms with E-state index < -0.39 is 0 Å². The first kappa shape index (κ1) is 40.4. The van der Waals surface area contributed by atoms with Crippen LogP contribution in [0, 0.1) is 0 Å². The van der Waals surface area contributed by atoms with Crippen LogP contribution in [0.3, 0.4) is 0 Å². The van der Waals surface area contributed by atoms with Crippen LogP contribution in [-0.2, 0) is 6.42 Å². The van der Waals surface area contributed by atoms with E-state index in [1.54, 1.807) is 0 Å². The maximum Gasteiger partial charge on any atom is 0.143 e. The molecular weight excluding hydrogens is 837 g/mol. The summed E-state index contributed by atoms with van der Waals surface area (Å²) in [6, 6.07) is 87.6. The molecule has 0 spiro atoms. The Bertz CT molecular complexity index is 3860. The third-order valence-electron chi connectivity index (χ3n) is 13.9. The van der Waals surface area contributed by atoms with Crippen LogP contribution in [0.2, 0.25) is 0 Å². The standard InChI is InChI=1S/C66H46N2O/c1-4-17-45(18-5-1)50-23-16-24-55(41-50)67(53-36-31-48(32-37-53)56-25-10-13-28-62(56)68-63-29-14-11-26-57(63)58-27-12-15-30-64(58)68)54-38-33-49(34-39-54)59-43-52(47-21-8-3-9-22-47)44-61-60-42-51(46-19-6-2-7-20-46)35-40-65(60)69-66(59)61/h1-11,13-26,28-44H,12,27H2. The van der Waals surface area contributed by atoms with Crippen molar-refractivity contribution < 1.29 is 4.42 Å². The average molecular weight is 883 g/mol. The molecule has 1 aliphatic rings. The monoisotopic (exact) mass is 882 g/mol. The minimum absolute atomic E-state index is 0.876. The summed E-state index contributed by atoms with van der Waals surface area (Å²) in [5.41, 5.74) is 21.6. The van der Waals surface area contributed by atoms with Gasteiger partial charge < -0.3 is 13.9 Å². The van der Waals surface area contributed by atoms with E-state index in [0.29, 0.717) is 0 Å². The number of hydrogen-bond acceptors (Lipinski definition) is 2. The number of rotatable bonds is 9. The maximum absolute atomic E-state index is 6.80. The first-order chi connectivity index (χ1) is 34.2. The predicted octanol–water partition coefficient (Wildman–Crippen LogP) is 18.3. The van der Waals surface area contributed by atoms with Crippen molar-refractivity contribution in [1.82, 2.24) is 4.57 Å². The topological polar surface area (TPSA) is 21.3 Å². The number of fused-ring (bicyclic) bond motifs is 6. The molecule has 0 aliphatic heterocycles. The summed E-state index contributed by atoms with van der Waals surface area (Å²) in [5, 5.41) is 3.55. The van der Waals surface area contributed by atoms with E-state index >= 15 is 0 Å². The second-order valence-corrected chi connectivity index (χ2v) is 18.0. The Balaban J connectivity index is 0.927. The van der Waals surface area contributed by atoms with Crippen LogP contribution in [0.4, 0.5) is 17.1 Å². The van der Waals surface area contributed by atoms with Crippen molar-refractivity contribution in [2.75, 3.05) is 4.90 Å². The number of benzene rings is 10. The number of aryl methyl sites for hydroxylation is 1. The SMILES string of the molecule is C1=Cc2c(c3ccccc3n2-c2ccccc2-c2ccc(N(c3ccc(-c4cc(-c5ccccc5)cc5c4oc4ccc(-c6ccccc6)cc45)cc3)c3cccc(-c4ccccc4)c3)cc2)CC1. The highest BCUT2D eigenvalue weighted by molar-refractivity contribution is 6.12. The van der Waals surface area contributed by atoms with E-state index in [0.717, 1.165) is 79.7 Å². The van der Waals surface area contributed by atoms with Crippen LogP contribution < -0.4 is 4.90 Å². The van der Waals surface area contributed by atoms with E-state index in [2.05, 4.69) is 264 Å². The summed E-state index contributed by atoms with van der Waals surface area (Å²) in [6.45, 7) is 0. The van der Waals surface area contributed by atoms with Crippen LogP contribution in [0.1, 0.15) is 17.7 Å². The van der Waals surface area contributed by atoms with Crippen LogP contribution >= 0.6 is 0 Å². The molecule has 69 heavy (non-hydrogen) atoms. The predicted molar refractivity (Wildman–Crippen MR) is 290 cm³/mol. The molecule has 2 aromatic heterocycles. The fourth-order valence-electron chi connectivity index (χ4n) is 10.5. The van der Waals surface area contributed by atoms with Gasteiger partial charge in [0.15, 0.2) is 0 Å². The van der Waals surface area contributed by atoms with Gasteiger partial charge in [-0.3, -0.25) is 0 Å². The molecule has 10 aromatic carbocycles. The Morgan fingerprint density at radius 2 is 0.942 bits per heavy atom. The molecule has 0 amide bonds. The molecule has 0 fully saturated rings. The molecule has 2 heterocycles. The number of hydrogen-bond donors (Lipinski definition) is 0. The third kappa shape index (κ3) is 7.24. The molecule has 0 N–H and O–H groups in total. The van der Waals surface area contributed by atoms with Gasteiger partial charge in [-0.25, -0.2) is 0 Å². The molecule has 0 radical (unpaired) electrons. The Hall–Kier alpha value is -8.92. The minimum atomic E-state index is 0.876. The van der Waals surface area contributed by atoms with Crippen LogP contribution in [0.15, 0.2) is 253 Å². The summed E-state index contributed by atoms with van der Waals surface area (Å²) in [6.07, 6.45) is 6.75. The van der Waals surface area contributed by atoms with E-state index in [1.807, 2.05) is 0 Å². The highest BCUT2D eigenvalue weighted by Crippen LogP contribution is 2.44. The van der Waals surface area contributed by atoms with Gasteiger partial charge in [0.25, 0.3) is 0 Å². The normalized spacial score (nSPS) is 12.2. The fourth-order valence-corrected chi connectivity index (χ4v) is 10.5. The van der Waals surface area contributed by atoms with Crippen molar-refractivity contribution in [2.45, 2.75) is 12.8 Å². The van der Waals surface area contributed by atoms with Crippen LogP contribution in [0.5, 0.6) is 0 Å². The minimum Gasteiger partial charge on any atom is -0.455 e. The summed E-state index contributed by atoms with van der Waals surface area (Å²) < 4.78 is 9.27. The number of furan rings is 1. The van der Waals surface area contributed by atoms with Crippen LogP contribution in [0.25, 0.3) is 100 Å². The summed E-state index contributed by atoms with van der Waals surface area (Å²) in [7, 11) is 0. The maximum atomic E-state index is 6.80. The summed E-state index contributed by atoms with van der Waals surface area (Å²) >= 11 is 0. The van der Waals surface area contributed by atoms with Gasteiger partial charge in [-0.2, -0.15) is 0 Å². The third-order valence-corrected chi connectivity index (χ3v) is 13.9. The smallest absolute Gasteiger partial charge is 0.143 e. The molecule has 326 valence electrons. The Morgan fingerprint density at radius 1 is 0.377 bits per heavy atom. The van der Waals surface area contributed by atoms with Gasteiger partial charge in [0, 0.05) is 50.0 Å². The van der Waals surface area contributed by atoms with Gasteiger partial charge in [0.1, 0.15) is 11.2 Å². The summed E-state index contributed by atoms with van der Waals surface area (Å²) in [5.74, 6) is 0. The molecule has 0 atom stereocenters. The summed E-state index contributed by atoms with van der Waals surface area (Å²) in [4.78, 5) is 2.37. The Morgan fingerprint density at radius 3 is 1.65 bits per heavy atom. The van der Waals surface area contributed by atoms with Crippen molar-refractivity contribution in [3.05, 3.63) is 260 Å². The van der Waals surface area contributed by atoms with Crippen LogP contribution in [-0.4, -0.2) is 4.57 Å². The number of para-hydroxylation sites is 2. The van der Waals surface area contributed by atoms with Gasteiger partial charge in [0.05, 0.1) is 11.2 Å². The molecule has 0 unspecified atom stereocenters. The molecule has 1 aliphatic carbocycles. The molecule has 12 aromatic rings. The average Bonchev–Trinajstić information content (AvgIpc) is 3.97. The number of allylic oxidation sites excluding steroid dienone is 1. The molecule has 3 nitrogen and oxygen atoms in total. The lowest BCUT2D eigenvalue weighted by atomic mass is 9.95. The molecule has 13 rings (SSSR count). The molecule has 0 bridgehead atoms. The lowest BCUT2D eigenvalue weighted by molar-refractivity contribution is 0.670. The number of aromatic nitrogens is 1. The van der Waals surface area contributed by atoms with Crippen molar-refractivity contribution in [2.24, 2.45) is 0 Å². The van der Waals surface area contributed by atoms with E-state index in [1.165, 1.54) is 55.7 Å². The van der Waals surface area contributed by atoms with Crippen molar-refractivity contribution >= 4 is 56.0 Å². The second kappa shape index (κ2) is 17.1. The van der Waals surface area contributed by atoms with Gasteiger partial charge in [-0.05, 0) is 142 Å². The second-order valence-electron chi connectivity index (χ2n) is 18.0. The lowest BCUT2D eigenvalue weighted by Gasteiger charge is -2.26. The first-order valence-corrected chi connectivity index (χ1v) is 23.9. The lowest BCUT2D eigenvalue weighted by Crippen LogP contribution is -2.10.